The molecule has 0 bridgehead atoms. The van der Waals surface area contributed by atoms with Crippen molar-refractivity contribution in [1.29, 1.82) is 0 Å². The van der Waals surface area contributed by atoms with Crippen LogP contribution in [0.15, 0.2) is 46.9 Å². The summed E-state index contributed by atoms with van der Waals surface area (Å²) in [6, 6.07) is 13.5. The lowest BCUT2D eigenvalue weighted by molar-refractivity contribution is -0.118. The third-order valence-electron chi connectivity index (χ3n) is 3.34. The van der Waals surface area contributed by atoms with Crippen molar-refractivity contribution < 1.29 is 9.53 Å². The van der Waals surface area contributed by atoms with E-state index in [-0.39, 0.29) is 12.5 Å². The largest absolute Gasteiger partial charge is 0.484 e. The molecule has 1 N–H and O–H groups in total. The van der Waals surface area contributed by atoms with Crippen LogP contribution in [0.5, 0.6) is 5.75 Å². The molecule has 7 heteroatoms. The number of hydrogen-bond donors (Lipinski definition) is 1. The third kappa shape index (κ3) is 4.87. The van der Waals surface area contributed by atoms with E-state index in [0.717, 1.165) is 32.7 Å². The number of carbonyl (C=O) groups excluding carboxylic acids is 1. The minimum Gasteiger partial charge on any atom is -0.484 e. The van der Waals surface area contributed by atoms with Crippen molar-refractivity contribution in [2.24, 2.45) is 0 Å². The van der Waals surface area contributed by atoms with E-state index >= 15 is 0 Å². The lowest BCUT2D eigenvalue weighted by atomic mass is 10.1. The highest BCUT2D eigenvalue weighted by atomic mass is 79.9. The summed E-state index contributed by atoms with van der Waals surface area (Å²) < 4.78 is 10.8. The highest BCUT2D eigenvalue weighted by Crippen LogP contribution is 2.23. The van der Waals surface area contributed by atoms with Crippen molar-refractivity contribution in [2.75, 3.05) is 11.9 Å². The number of nitrogens with one attached hydrogen (secondary N) is 1. The number of ether oxygens (including phenoxy) is 1. The molecule has 2 aromatic carbocycles. The number of halogens is 1. The number of anilines is 1. The highest BCUT2D eigenvalue weighted by molar-refractivity contribution is 9.10. The van der Waals surface area contributed by atoms with Gasteiger partial charge in [-0.1, -0.05) is 34.1 Å². The minimum absolute atomic E-state index is 0.0733. The predicted molar refractivity (Wildman–Crippen MR) is 103 cm³/mol. The van der Waals surface area contributed by atoms with Crippen LogP contribution in [-0.2, 0) is 4.79 Å². The van der Waals surface area contributed by atoms with Gasteiger partial charge in [-0.25, -0.2) is 0 Å². The maximum absolute atomic E-state index is 12.0. The smallest absolute Gasteiger partial charge is 0.264 e. The van der Waals surface area contributed by atoms with Crippen LogP contribution in [0.1, 0.15) is 11.1 Å². The van der Waals surface area contributed by atoms with Gasteiger partial charge in [0.15, 0.2) is 12.4 Å². The normalized spacial score (nSPS) is 10.5. The summed E-state index contributed by atoms with van der Waals surface area (Å²) in [7, 11) is 0. The molecule has 3 rings (SSSR count). The van der Waals surface area contributed by atoms with Gasteiger partial charge in [-0.05, 0) is 49.2 Å². The van der Waals surface area contributed by atoms with Crippen LogP contribution in [0.4, 0.5) is 5.13 Å². The summed E-state index contributed by atoms with van der Waals surface area (Å²) in [5, 5.41) is 3.17. The summed E-state index contributed by atoms with van der Waals surface area (Å²) >= 11 is 4.54. The zero-order valence-corrected chi connectivity index (χ0v) is 16.1. The topological polar surface area (TPSA) is 64.1 Å². The Balaban J connectivity index is 1.59. The van der Waals surface area contributed by atoms with E-state index in [2.05, 4.69) is 36.7 Å². The van der Waals surface area contributed by atoms with Crippen molar-refractivity contribution in [3.05, 3.63) is 58.1 Å². The molecule has 0 fully saturated rings. The highest BCUT2D eigenvalue weighted by Gasteiger charge is 2.10. The van der Waals surface area contributed by atoms with Crippen molar-refractivity contribution in [3.8, 4) is 17.1 Å². The molecule has 0 saturated carbocycles. The van der Waals surface area contributed by atoms with E-state index in [9.17, 15) is 4.79 Å². The summed E-state index contributed by atoms with van der Waals surface area (Å²) in [5.41, 5.74) is 3.09. The molecule has 0 atom stereocenters. The molecule has 0 aliphatic rings. The number of carbonyl (C=O) groups is 1. The fraction of sp³-hybridized carbons (Fsp3) is 0.167. The molecule has 1 amide bonds. The van der Waals surface area contributed by atoms with Crippen LogP contribution in [0, 0.1) is 13.8 Å². The molecule has 0 saturated heterocycles. The first-order valence-corrected chi connectivity index (χ1v) is 9.17. The van der Waals surface area contributed by atoms with Crippen molar-refractivity contribution in [2.45, 2.75) is 13.8 Å². The number of aromatic nitrogens is 2. The maximum atomic E-state index is 12.0. The van der Waals surface area contributed by atoms with Crippen molar-refractivity contribution in [1.82, 2.24) is 9.36 Å². The van der Waals surface area contributed by atoms with E-state index in [1.54, 1.807) is 0 Å². The Morgan fingerprint density at radius 3 is 2.52 bits per heavy atom. The standard InChI is InChI=1S/C18H16BrN3O2S/c1-11-7-12(2)9-15(8-11)24-10-16(23)20-18-21-17(22-25-18)13-3-5-14(19)6-4-13/h3-9H,10H2,1-2H3,(H,20,21,22,23). The molecule has 25 heavy (non-hydrogen) atoms. The van der Waals surface area contributed by atoms with Gasteiger partial charge in [0.05, 0.1) is 0 Å². The minimum atomic E-state index is -0.266. The number of hydrogen-bond acceptors (Lipinski definition) is 5. The molecule has 3 aromatic rings. The van der Waals surface area contributed by atoms with Gasteiger partial charge in [-0.15, -0.1) is 0 Å². The third-order valence-corrected chi connectivity index (χ3v) is 4.50. The van der Waals surface area contributed by atoms with Gasteiger partial charge in [-0.3, -0.25) is 10.1 Å². The number of amides is 1. The van der Waals surface area contributed by atoms with Crippen LogP contribution >= 0.6 is 27.5 Å². The lowest BCUT2D eigenvalue weighted by Crippen LogP contribution is -2.20. The first kappa shape index (κ1) is 17.6. The fourth-order valence-corrected chi connectivity index (χ4v) is 3.18. The molecule has 1 heterocycles. The van der Waals surface area contributed by atoms with Crippen molar-refractivity contribution >= 4 is 38.5 Å². The number of aryl methyl sites for hydroxylation is 2. The molecular formula is C18H16BrN3O2S. The maximum Gasteiger partial charge on any atom is 0.264 e. The van der Waals surface area contributed by atoms with Crippen LogP contribution in [0.25, 0.3) is 11.4 Å². The zero-order chi connectivity index (χ0) is 17.8. The Kier molecular flexibility index (Phi) is 5.45. The molecule has 0 unspecified atom stereocenters. The molecule has 0 aliphatic heterocycles. The van der Waals surface area contributed by atoms with Crippen LogP contribution in [0.2, 0.25) is 0 Å². The second-order valence-corrected chi connectivity index (χ2v) is 7.26. The molecule has 0 spiro atoms. The molecule has 0 radical (unpaired) electrons. The monoisotopic (exact) mass is 417 g/mol. The quantitative estimate of drug-likeness (QED) is 0.658. The van der Waals surface area contributed by atoms with E-state index < -0.39 is 0 Å². The predicted octanol–water partition coefficient (Wildman–Crippen LogP) is 4.60. The van der Waals surface area contributed by atoms with Gasteiger partial charge in [0, 0.05) is 21.6 Å². The summed E-state index contributed by atoms with van der Waals surface area (Å²) in [6.45, 7) is 3.91. The zero-order valence-electron chi connectivity index (χ0n) is 13.7. The summed E-state index contributed by atoms with van der Waals surface area (Å²) in [4.78, 5) is 16.4. The van der Waals surface area contributed by atoms with Crippen molar-refractivity contribution in [3.63, 3.8) is 0 Å². The molecular weight excluding hydrogens is 402 g/mol. The molecule has 1 aromatic heterocycles. The van der Waals surface area contributed by atoms with Gasteiger partial charge in [0.2, 0.25) is 5.13 Å². The average Bonchev–Trinajstić information content (AvgIpc) is 3.01. The Bertz CT molecular complexity index is 873. The van der Waals surface area contributed by atoms with E-state index in [1.165, 1.54) is 0 Å². The van der Waals surface area contributed by atoms with E-state index in [4.69, 9.17) is 4.74 Å². The van der Waals surface area contributed by atoms with Crippen LogP contribution < -0.4 is 10.1 Å². The lowest BCUT2D eigenvalue weighted by Gasteiger charge is -2.07. The number of rotatable bonds is 5. The van der Waals surface area contributed by atoms with Gasteiger partial charge in [-0.2, -0.15) is 9.36 Å². The van der Waals surface area contributed by atoms with Gasteiger partial charge >= 0.3 is 0 Å². The van der Waals surface area contributed by atoms with Gasteiger partial charge in [0.25, 0.3) is 5.91 Å². The number of nitrogens with zero attached hydrogens (tertiary/aromatic N) is 2. The Morgan fingerprint density at radius 1 is 1.16 bits per heavy atom. The second kappa shape index (κ2) is 7.76. The first-order chi connectivity index (χ1) is 12.0. The second-order valence-electron chi connectivity index (χ2n) is 5.59. The first-order valence-electron chi connectivity index (χ1n) is 7.60. The Hall–Kier alpha value is -2.25. The SMILES string of the molecule is Cc1cc(C)cc(OCC(=O)Nc2nc(-c3ccc(Br)cc3)ns2)c1. The molecule has 0 aliphatic carbocycles. The van der Waals surface area contributed by atoms with Gasteiger partial charge < -0.3 is 4.74 Å². The average molecular weight is 418 g/mol. The number of benzene rings is 2. The Morgan fingerprint density at radius 2 is 1.84 bits per heavy atom. The summed E-state index contributed by atoms with van der Waals surface area (Å²) in [6.07, 6.45) is 0. The van der Waals surface area contributed by atoms with E-state index in [1.807, 2.05) is 50.2 Å². The van der Waals surface area contributed by atoms with E-state index in [0.29, 0.717) is 16.7 Å². The fourth-order valence-electron chi connectivity index (χ4n) is 2.31. The van der Waals surface area contributed by atoms with Crippen LogP contribution in [0.3, 0.4) is 0 Å². The van der Waals surface area contributed by atoms with Crippen LogP contribution in [-0.4, -0.2) is 21.9 Å². The van der Waals surface area contributed by atoms with Gasteiger partial charge in [0.1, 0.15) is 5.75 Å². The Labute approximate surface area is 158 Å². The molecule has 128 valence electrons. The molecule has 5 nitrogen and oxygen atoms in total. The summed E-state index contributed by atoms with van der Waals surface area (Å²) in [5.74, 6) is 1.00.